The second kappa shape index (κ2) is 6.04. The molecule has 1 amide bonds. The molecule has 0 spiro atoms. The molecule has 1 rings (SSSR count). The number of hydrogen-bond donors (Lipinski definition) is 0. The summed E-state index contributed by atoms with van der Waals surface area (Å²) in [6.45, 7) is 2.06. The second-order valence-corrected chi connectivity index (χ2v) is 5.09. The molecule has 1 aromatic carbocycles. The van der Waals surface area contributed by atoms with Crippen LogP contribution in [0.25, 0.3) is 0 Å². The zero-order valence-electron chi connectivity index (χ0n) is 10.0. The lowest BCUT2D eigenvalue weighted by molar-refractivity contribution is -0.133. The summed E-state index contributed by atoms with van der Waals surface area (Å²) in [5.74, 6) is 0.298. The fourth-order valence-corrected chi connectivity index (χ4v) is 2.17. The Morgan fingerprint density at radius 2 is 2.12 bits per heavy atom. The van der Waals surface area contributed by atoms with Crippen molar-refractivity contribution in [3.63, 3.8) is 0 Å². The molecular weight excluding hydrogens is 266 g/mol. The second-order valence-electron chi connectivity index (χ2n) is 4.17. The van der Waals surface area contributed by atoms with Crippen LogP contribution in [0.2, 0.25) is 0 Å². The van der Waals surface area contributed by atoms with Gasteiger partial charge in [0, 0.05) is 24.5 Å². The Balaban J connectivity index is 2.74. The summed E-state index contributed by atoms with van der Waals surface area (Å²) in [4.78, 5) is 13.6. The quantitative estimate of drug-likeness (QED) is 0.832. The Morgan fingerprint density at radius 1 is 1.44 bits per heavy atom. The molecule has 0 aliphatic rings. The number of hydrogen-bond acceptors (Lipinski definition) is 1. The zero-order chi connectivity index (χ0) is 12.1. The molecule has 0 fully saturated rings. The van der Waals surface area contributed by atoms with E-state index in [1.165, 1.54) is 5.56 Å². The summed E-state index contributed by atoms with van der Waals surface area (Å²) in [5, 5.41) is 0. The number of benzene rings is 1. The summed E-state index contributed by atoms with van der Waals surface area (Å²) in [6.07, 6.45) is 1.69. The Morgan fingerprint density at radius 3 is 2.62 bits per heavy atom. The van der Waals surface area contributed by atoms with Crippen molar-refractivity contribution >= 4 is 21.8 Å². The smallest absolute Gasteiger partial charge is 0.225 e. The summed E-state index contributed by atoms with van der Waals surface area (Å²) in [6, 6.07) is 8.15. The van der Waals surface area contributed by atoms with Gasteiger partial charge in [-0.05, 0) is 30.5 Å². The van der Waals surface area contributed by atoms with Crippen LogP contribution in [-0.4, -0.2) is 24.9 Å². The van der Waals surface area contributed by atoms with E-state index in [0.717, 1.165) is 17.3 Å². The lowest BCUT2D eigenvalue weighted by atomic mass is 9.96. The molecule has 0 aliphatic heterocycles. The third kappa shape index (κ3) is 3.63. The van der Waals surface area contributed by atoms with E-state index in [4.69, 9.17) is 0 Å². The van der Waals surface area contributed by atoms with Crippen molar-refractivity contribution in [2.75, 3.05) is 14.1 Å². The van der Waals surface area contributed by atoms with Crippen molar-refractivity contribution in [3.05, 3.63) is 34.3 Å². The number of carbonyl (C=O) groups is 1. The highest BCUT2D eigenvalue weighted by atomic mass is 79.9. The molecule has 1 aromatic rings. The maximum absolute atomic E-state index is 11.9. The maximum atomic E-state index is 11.9. The van der Waals surface area contributed by atoms with Gasteiger partial charge in [0.05, 0.1) is 0 Å². The molecule has 0 heterocycles. The van der Waals surface area contributed by atoms with Gasteiger partial charge >= 0.3 is 0 Å². The van der Waals surface area contributed by atoms with Crippen molar-refractivity contribution in [1.82, 2.24) is 4.90 Å². The highest BCUT2D eigenvalue weighted by molar-refractivity contribution is 9.10. The van der Waals surface area contributed by atoms with Gasteiger partial charge in [-0.1, -0.05) is 35.0 Å². The number of rotatable bonds is 4. The molecule has 1 atom stereocenters. The molecule has 0 bridgehead atoms. The molecule has 0 radical (unpaired) electrons. The van der Waals surface area contributed by atoms with E-state index in [1.807, 2.05) is 26.2 Å². The Bertz CT molecular complexity index is 363. The number of carbonyl (C=O) groups excluding carboxylic acids is 1. The van der Waals surface area contributed by atoms with Crippen molar-refractivity contribution in [2.45, 2.75) is 19.8 Å². The first-order chi connectivity index (χ1) is 7.54. The van der Waals surface area contributed by atoms with Gasteiger partial charge in [0.25, 0.3) is 0 Å². The highest BCUT2D eigenvalue weighted by Gasteiger charge is 2.18. The molecular formula is C13H18BrNO. The Hall–Kier alpha value is -0.830. The van der Waals surface area contributed by atoms with Gasteiger partial charge in [0.15, 0.2) is 0 Å². The van der Waals surface area contributed by atoms with Gasteiger partial charge < -0.3 is 4.90 Å². The van der Waals surface area contributed by atoms with Crippen molar-refractivity contribution in [2.24, 2.45) is 5.92 Å². The van der Waals surface area contributed by atoms with Crippen LogP contribution in [0.15, 0.2) is 28.7 Å². The summed E-state index contributed by atoms with van der Waals surface area (Å²) in [5.41, 5.74) is 1.21. The Kier molecular flexibility index (Phi) is 5.00. The normalized spacial score (nSPS) is 12.2. The van der Waals surface area contributed by atoms with Gasteiger partial charge in [0.2, 0.25) is 5.91 Å². The minimum Gasteiger partial charge on any atom is -0.349 e. The Labute approximate surface area is 106 Å². The van der Waals surface area contributed by atoms with Gasteiger partial charge in [0.1, 0.15) is 0 Å². The van der Waals surface area contributed by atoms with Crippen molar-refractivity contribution < 1.29 is 4.79 Å². The van der Waals surface area contributed by atoms with E-state index in [2.05, 4.69) is 35.0 Å². The highest BCUT2D eigenvalue weighted by Crippen LogP contribution is 2.18. The van der Waals surface area contributed by atoms with Crippen LogP contribution in [-0.2, 0) is 11.2 Å². The van der Waals surface area contributed by atoms with E-state index in [1.54, 1.807) is 4.90 Å². The molecule has 0 N–H and O–H groups in total. The fourth-order valence-electron chi connectivity index (χ4n) is 1.72. The first-order valence-corrected chi connectivity index (χ1v) is 6.29. The standard InChI is InChI=1S/C13H18BrNO/c1-4-11(13(16)15(2)3)8-10-6-5-7-12(14)9-10/h5-7,9,11H,4,8H2,1-3H3. The largest absolute Gasteiger partial charge is 0.349 e. The summed E-state index contributed by atoms with van der Waals surface area (Å²) < 4.78 is 1.07. The van der Waals surface area contributed by atoms with Gasteiger partial charge in [-0.25, -0.2) is 0 Å². The number of amides is 1. The predicted molar refractivity (Wildman–Crippen MR) is 70.3 cm³/mol. The van der Waals surface area contributed by atoms with Crippen LogP contribution in [0.4, 0.5) is 0 Å². The SMILES string of the molecule is CCC(Cc1cccc(Br)c1)C(=O)N(C)C. The third-order valence-electron chi connectivity index (χ3n) is 2.65. The summed E-state index contributed by atoms with van der Waals surface area (Å²) in [7, 11) is 3.62. The average molecular weight is 284 g/mol. The van der Waals surface area contributed by atoms with Crippen molar-refractivity contribution in [3.8, 4) is 0 Å². The first kappa shape index (κ1) is 13.2. The number of halogens is 1. The molecule has 3 heteroatoms. The van der Waals surface area contributed by atoms with E-state index in [-0.39, 0.29) is 11.8 Å². The number of nitrogens with zero attached hydrogens (tertiary/aromatic N) is 1. The zero-order valence-corrected chi connectivity index (χ0v) is 11.6. The van der Waals surface area contributed by atoms with Gasteiger partial charge in [-0.3, -0.25) is 4.79 Å². The van der Waals surface area contributed by atoms with E-state index in [9.17, 15) is 4.79 Å². The summed E-state index contributed by atoms with van der Waals surface area (Å²) >= 11 is 3.44. The third-order valence-corrected chi connectivity index (χ3v) is 3.15. The topological polar surface area (TPSA) is 20.3 Å². The van der Waals surface area contributed by atoms with Crippen molar-refractivity contribution in [1.29, 1.82) is 0 Å². The maximum Gasteiger partial charge on any atom is 0.225 e. The van der Waals surface area contributed by atoms with Crippen LogP contribution in [0.5, 0.6) is 0 Å². The van der Waals surface area contributed by atoms with Crippen LogP contribution in [0, 0.1) is 5.92 Å². The molecule has 16 heavy (non-hydrogen) atoms. The molecule has 0 saturated carbocycles. The molecule has 0 aliphatic carbocycles. The van der Waals surface area contributed by atoms with Gasteiger partial charge in [-0.2, -0.15) is 0 Å². The van der Waals surface area contributed by atoms with E-state index < -0.39 is 0 Å². The lowest BCUT2D eigenvalue weighted by Gasteiger charge is -2.19. The molecule has 2 nitrogen and oxygen atoms in total. The van der Waals surface area contributed by atoms with Gasteiger partial charge in [-0.15, -0.1) is 0 Å². The lowest BCUT2D eigenvalue weighted by Crippen LogP contribution is -2.30. The van der Waals surface area contributed by atoms with E-state index in [0.29, 0.717) is 0 Å². The molecule has 0 saturated heterocycles. The van der Waals surface area contributed by atoms with Crippen LogP contribution in [0.1, 0.15) is 18.9 Å². The average Bonchev–Trinajstić information content (AvgIpc) is 2.25. The molecule has 88 valence electrons. The fraction of sp³-hybridized carbons (Fsp3) is 0.462. The molecule has 1 unspecified atom stereocenters. The first-order valence-electron chi connectivity index (χ1n) is 5.50. The minimum absolute atomic E-state index is 0.0873. The van der Waals surface area contributed by atoms with Crippen LogP contribution in [0.3, 0.4) is 0 Å². The monoisotopic (exact) mass is 283 g/mol. The van der Waals surface area contributed by atoms with Crippen LogP contribution < -0.4 is 0 Å². The predicted octanol–water partition coefficient (Wildman–Crippen LogP) is 3.11. The van der Waals surface area contributed by atoms with Crippen LogP contribution >= 0.6 is 15.9 Å². The minimum atomic E-state index is 0.0873. The van der Waals surface area contributed by atoms with E-state index >= 15 is 0 Å². The molecule has 0 aromatic heterocycles.